The molecule has 0 spiro atoms. The number of hydrogen-bond donors (Lipinski definition) is 1. The molecule has 3 atom stereocenters. The highest BCUT2D eigenvalue weighted by Crippen LogP contribution is 2.60. The highest BCUT2D eigenvalue weighted by Gasteiger charge is 2.60. The average molecular weight is 602 g/mol. The van der Waals surface area contributed by atoms with Gasteiger partial charge in [-0.25, -0.2) is 4.98 Å². The molecule has 0 bridgehead atoms. The summed E-state index contributed by atoms with van der Waals surface area (Å²) in [5, 5.41) is 0.593. The summed E-state index contributed by atoms with van der Waals surface area (Å²) in [5.41, 5.74) is 5.16. The zero-order valence-corrected chi connectivity index (χ0v) is 24.0. The van der Waals surface area contributed by atoms with Gasteiger partial charge in [0.15, 0.2) is 0 Å². The largest absolute Gasteiger partial charge is 0.462 e. The van der Waals surface area contributed by atoms with Crippen LogP contribution in [0.15, 0.2) is 36.9 Å². The van der Waals surface area contributed by atoms with E-state index in [-0.39, 0.29) is 40.1 Å². The minimum atomic E-state index is -4.67. The summed E-state index contributed by atoms with van der Waals surface area (Å²) in [6, 6.07) is 5.37. The van der Waals surface area contributed by atoms with Crippen molar-refractivity contribution < 1.29 is 22.7 Å². The van der Waals surface area contributed by atoms with Crippen LogP contribution in [0.1, 0.15) is 18.9 Å². The summed E-state index contributed by atoms with van der Waals surface area (Å²) >= 11 is 6.62. The molecule has 1 amide bonds. The number of nitrogens with zero attached hydrogens (tertiary/aromatic N) is 6. The van der Waals surface area contributed by atoms with Gasteiger partial charge in [-0.2, -0.15) is 23.1 Å². The fourth-order valence-electron chi connectivity index (χ4n) is 6.40. The van der Waals surface area contributed by atoms with Gasteiger partial charge in [0, 0.05) is 49.7 Å². The number of carbonyl (C=O) groups is 1. The first-order valence-corrected chi connectivity index (χ1v) is 14.1. The number of halogens is 4. The monoisotopic (exact) mass is 601 g/mol. The Morgan fingerprint density at radius 2 is 1.95 bits per heavy atom. The summed E-state index contributed by atoms with van der Waals surface area (Å²) in [6.07, 6.45) is -2.24. The molecule has 1 saturated carbocycles. The van der Waals surface area contributed by atoms with Crippen LogP contribution in [0.2, 0.25) is 5.02 Å². The molecule has 0 radical (unpaired) electrons. The number of aromatic nitrogens is 3. The maximum atomic E-state index is 13.9. The Morgan fingerprint density at radius 3 is 2.60 bits per heavy atom. The number of anilines is 2. The number of nitrogens with two attached hydrogens (primary N) is 1. The Morgan fingerprint density at radius 1 is 1.21 bits per heavy atom. The first-order valence-electron chi connectivity index (χ1n) is 13.7. The van der Waals surface area contributed by atoms with Gasteiger partial charge in [-0.1, -0.05) is 25.1 Å². The van der Waals surface area contributed by atoms with E-state index in [4.69, 9.17) is 27.1 Å². The van der Waals surface area contributed by atoms with Crippen molar-refractivity contribution in [3.05, 3.63) is 47.5 Å². The van der Waals surface area contributed by atoms with Crippen molar-refractivity contribution in [2.45, 2.75) is 25.6 Å². The summed E-state index contributed by atoms with van der Waals surface area (Å²) in [6.45, 7) is 9.09. The van der Waals surface area contributed by atoms with Gasteiger partial charge >= 0.3 is 12.2 Å². The lowest BCUT2D eigenvalue weighted by Crippen LogP contribution is -2.48. The third-order valence-electron chi connectivity index (χ3n) is 8.73. The topological polar surface area (TPSA) is 101 Å². The number of hydrogen-bond acceptors (Lipinski definition) is 8. The van der Waals surface area contributed by atoms with Gasteiger partial charge < -0.3 is 20.3 Å². The molecule has 2 N–H and O–H groups in total. The summed E-state index contributed by atoms with van der Waals surface area (Å²) in [4.78, 5) is 31.5. The third kappa shape index (κ3) is 5.11. The number of pyridine rings is 1. The van der Waals surface area contributed by atoms with E-state index in [1.54, 1.807) is 11.0 Å². The van der Waals surface area contributed by atoms with Crippen molar-refractivity contribution in [2.75, 3.05) is 57.0 Å². The molecule has 0 unspecified atom stereocenters. The molecule has 2 aliphatic heterocycles. The Hall–Kier alpha value is -3.64. The molecule has 13 heteroatoms. The van der Waals surface area contributed by atoms with Crippen LogP contribution in [0, 0.1) is 11.3 Å². The van der Waals surface area contributed by atoms with Gasteiger partial charge in [0.05, 0.1) is 21.8 Å². The minimum absolute atomic E-state index is 0.0464. The van der Waals surface area contributed by atoms with Crippen molar-refractivity contribution in [2.24, 2.45) is 11.3 Å². The number of likely N-dealkylation sites (N-methyl/N-ethyl adjacent to an activating group) is 1. The maximum absolute atomic E-state index is 13.9. The number of nitrogen functional groups attached to an aromatic ring is 1. The SMILES string of the molecule is C=CC(=O)N1CCN(c2nc(OC[C@@H]3[C@H]4C[C@@]4(C)CN3C)nc3cc(-c4nc(N)ccc4C(F)(F)F)c(Cl)cc23)CC1. The number of carbonyl (C=O) groups excluding carboxylic acids is 1. The number of ether oxygens (including phenoxy) is 1. The lowest BCUT2D eigenvalue weighted by atomic mass is 10.0. The lowest BCUT2D eigenvalue weighted by molar-refractivity contribution is -0.137. The molecule has 1 aromatic carbocycles. The van der Waals surface area contributed by atoms with E-state index in [0.29, 0.717) is 60.8 Å². The van der Waals surface area contributed by atoms with Crippen LogP contribution in [0.25, 0.3) is 22.2 Å². The average Bonchev–Trinajstić information content (AvgIpc) is 3.53. The number of rotatable bonds is 6. The molecule has 2 saturated heterocycles. The Labute approximate surface area is 246 Å². The summed E-state index contributed by atoms with van der Waals surface area (Å²) in [7, 11) is 2.08. The molecule has 4 heterocycles. The van der Waals surface area contributed by atoms with E-state index in [0.717, 1.165) is 25.1 Å². The molecule has 3 aromatic rings. The fraction of sp³-hybridized carbons (Fsp3) is 0.448. The lowest BCUT2D eigenvalue weighted by Gasteiger charge is -2.35. The van der Waals surface area contributed by atoms with Crippen molar-refractivity contribution >= 4 is 40.0 Å². The first kappa shape index (κ1) is 28.5. The number of piperidine rings is 1. The standard InChI is InChI=1S/C29H31ClF3N7O2/c1-4-24(41)39-7-9-40(10-8-39)26-17-11-20(30)16(25-18(29(31,32)33)5-6-23(34)36-25)12-21(17)35-27(37-26)42-14-22-19-13-28(19,2)15-38(22)3/h4-6,11-12,19,22H,1,7-10,13-15H2,2-3H3,(H2,34,36)/t19-,22-,28+/m1/s1. The normalized spacial score (nSPS) is 24.1. The van der Waals surface area contributed by atoms with Crippen molar-refractivity contribution in [3.63, 3.8) is 0 Å². The van der Waals surface area contributed by atoms with E-state index in [9.17, 15) is 18.0 Å². The van der Waals surface area contributed by atoms with E-state index in [1.807, 2.05) is 4.90 Å². The molecule has 222 valence electrons. The van der Waals surface area contributed by atoms with E-state index in [1.165, 1.54) is 12.1 Å². The van der Waals surface area contributed by atoms with Crippen molar-refractivity contribution in [1.82, 2.24) is 24.8 Å². The number of benzene rings is 1. The van der Waals surface area contributed by atoms with Crippen LogP contribution in [-0.4, -0.2) is 83.1 Å². The Kier molecular flexibility index (Phi) is 6.96. The van der Waals surface area contributed by atoms with Gasteiger partial charge in [-0.3, -0.25) is 9.69 Å². The van der Waals surface area contributed by atoms with Crippen LogP contribution < -0.4 is 15.4 Å². The zero-order valence-electron chi connectivity index (χ0n) is 23.3. The number of alkyl halides is 3. The molecular weight excluding hydrogens is 571 g/mol. The first-order chi connectivity index (χ1) is 19.9. The smallest absolute Gasteiger partial charge is 0.418 e. The van der Waals surface area contributed by atoms with E-state index < -0.39 is 11.7 Å². The van der Waals surface area contributed by atoms with Crippen LogP contribution in [-0.2, 0) is 11.0 Å². The molecular formula is C29H31ClF3N7O2. The van der Waals surface area contributed by atoms with Gasteiger partial charge in [0.25, 0.3) is 0 Å². The molecule has 2 aromatic heterocycles. The van der Waals surface area contributed by atoms with E-state index >= 15 is 0 Å². The van der Waals surface area contributed by atoms with Gasteiger partial charge in [-0.15, -0.1) is 0 Å². The van der Waals surface area contributed by atoms with Crippen LogP contribution in [0.3, 0.4) is 0 Å². The number of fused-ring (bicyclic) bond motifs is 2. The van der Waals surface area contributed by atoms with Gasteiger partial charge in [0.2, 0.25) is 5.91 Å². The second-order valence-electron chi connectivity index (χ2n) is 11.6. The number of piperazine rings is 1. The zero-order chi connectivity index (χ0) is 30.0. The van der Waals surface area contributed by atoms with Crippen LogP contribution >= 0.6 is 11.6 Å². The second kappa shape index (κ2) is 10.3. The number of likely N-dealkylation sites (tertiary alicyclic amines) is 1. The highest BCUT2D eigenvalue weighted by molar-refractivity contribution is 6.34. The van der Waals surface area contributed by atoms with Gasteiger partial charge in [0.1, 0.15) is 18.2 Å². The fourth-order valence-corrected chi connectivity index (χ4v) is 6.65. The Balaban J connectivity index is 1.41. The van der Waals surface area contributed by atoms with Crippen molar-refractivity contribution in [1.29, 1.82) is 0 Å². The molecule has 42 heavy (non-hydrogen) atoms. The predicted octanol–water partition coefficient (Wildman–Crippen LogP) is 4.50. The summed E-state index contributed by atoms with van der Waals surface area (Å²) < 4.78 is 47.9. The minimum Gasteiger partial charge on any atom is -0.462 e. The highest BCUT2D eigenvalue weighted by atomic mass is 35.5. The predicted molar refractivity (Wildman–Crippen MR) is 154 cm³/mol. The maximum Gasteiger partial charge on any atom is 0.418 e. The van der Waals surface area contributed by atoms with Crippen LogP contribution in [0.5, 0.6) is 6.01 Å². The second-order valence-corrected chi connectivity index (χ2v) is 12.0. The van der Waals surface area contributed by atoms with Crippen molar-refractivity contribution in [3.8, 4) is 17.3 Å². The van der Waals surface area contributed by atoms with E-state index in [2.05, 4.69) is 35.4 Å². The molecule has 1 aliphatic carbocycles. The quantitative estimate of drug-likeness (QED) is 0.412. The Bertz CT molecular complexity index is 1580. The summed E-state index contributed by atoms with van der Waals surface area (Å²) in [5.74, 6) is 0.850. The molecule has 9 nitrogen and oxygen atoms in total. The molecule has 6 rings (SSSR count). The number of amides is 1. The van der Waals surface area contributed by atoms with Crippen LogP contribution in [0.4, 0.5) is 24.8 Å². The molecule has 3 aliphatic rings. The third-order valence-corrected chi connectivity index (χ3v) is 9.05. The molecule has 3 fully saturated rings. The van der Waals surface area contributed by atoms with Gasteiger partial charge in [-0.05, 0) is 55.1 Å².